The van der Waals surface area contributed by atoms with Crippen LogP contribution in [0.25, 0.3) is 0 Å². The average Bonchev–Trinajstić information content (AvgIpc) is 1.99. The third-order valence-corrected chi connectivity index (χ3v) is 1.53. The molecule has 0 saturated heterocycles. The van der Waals surface area contributed by atoms with Crippen molar-refractivity contribution in [3.8, 4) is 6.07 Å². The molecule has 2 nitrogen and oxygen atoms in total. The maximum atomic E-state index is 8.31. The van der Waals surface area contributed by atoms with Crippen molar-refractivity contribution < 1.29 is 4.74 Å². The first-order valence-corrected chi connectivity index (χ1v) is 4.29. The van der Waals surface area contributed by atoms with E-state index in [4.69, 9.17) is 10.00 Å². The zero-order chi connectivity index (χ0) is 8.53. The van der Waals surface area contributed by atoms with E-state index in [0.29, 0.717) is 6.42 Å². The minimum atomic E-state index is 0.108. The van der Waals surface area contributed by atoms with Gasteiger partial charge in [-0.3, -0.25) is 0 Å². The van der Waals surface area contributed by atoms with Gasteiger partial charge >= 0.3 is 0 Å². The Kier molecular flexibility index (Phi) is 7.18. The van der Waals surface area contributed by atoms with Crippen LogP contribution in [0.15, 0.2) is 0 Å². The van der Waals surface area contributed by atoms with Crippen molar-refractivity contribution in [2.45, 2.75) is 45.6 Å². The summed E-state index contributed by atoms with van der Waals surface area (Å²) in [5.41, 5.74) is 0. The fraction of sp³-hybridized carbons (Fsp3) is 0.889. The van der Waals surface area contributed by atoms with Gasteiger partial charge < -0.3 is 4.74 Å². The van der Waals surface area contributed by atoms with E-state index in [1.807, 2.05) is 6.92 Å². The number of ether oxygens (including phenoxy) is 1. The van der Waals surface area contributed by atoms with Crippen LogP contribution < -0.4 is 0 Å². The molecular formula is C9H17NO. The first kappa shape index (κ1) is 10.4. The van der Waals surface area contributed by atoms with Gasteiger partial charge in [0.25, 0.3) is 0 Å². The lowest BCUT2D eigenvalue weighted by molar-refractivity contribution is 0.0665. The van der Waals surface area contributed by atoms with Crippen LogP contribution in [-0.2, 0) is 4.74 Å². The van der Waals surface area contributed by atoms with Gasteiger partial charge in [0.1, 0.15) is 0 Å². The molecule has 11 heavy (non-hydrogen) atoms. The van der Waals surface area contributed by atoms with E-state index in [-0.39, 0.29) is 6.10 Å². The molecule has 1 atom stereocenters. The van der Waals surface area contributed by atoms with Gasteiger partial charge in [0, 0.05) is 6.61 Å². The monoisotopic (exact) mass is 155 g/mol. The van der Waals surface area contributed by atoms with E-state index in [1.54, 1.807) is 0 Å². The third-order valence-electron chi connectivity index (χ3n) is 1.53. The van der Waals surface area contributed by atoms with Crippen molar-refractivity contribution >= 4 is 0 Å². The maximum absolute atomic E-state index is 8.31. The first-order valence-electron chi connectivity index (χ1n) is 4.29. The second-order valence-corrected chi connectivity index (χ2v) is 2.75. The smallest absolute Gasteiger partial charge is 0.0676 e. The molecule has 0 aromatic heterocycles. The summed E-state index contributed by atoms with van der Waals surface area (Å²) in [6, 6.07) is 2.08. The molecule has 0 radical (unpaired) electrons. The molecule has 64 valence electrons. The third kappa shape index (κ3) is 7.35. The number of nitrogens with zero attached hydrogens (tertiary/aromatic N) is 1. The molecule has 0 saturated carbocycles. The van der Waals surface area contributed by atoms with Crippen LogP contribution in [0.1, 0.15) is 39.5 Å². The Morgan fingerprint density at radius 3 is 2.73 bits per heavy atom. The zero-order valence-corrected chi connectivity index (χ0v) is 7.47. The fourth-order valence-electron chi connectivity index (χ4n) is 0.824. The Balaban J connectivity index is 3.05. The van der Waals surface area contributed by atoms with Crippen molar-refractivity contribution in [3.05, 3.63) is 0 Å². The van der Waals surface area contributed by atoms with Crippen LogP contribution in [-0.4, -0.2) is 12.7 Å². The highest BCUT2D eigenvalue weighted by atomic mass is 16.5. The molecule has 0 aliphatic heterocycles. The number of unbranched alkanes of at least 4 members (excludes halogenated alkanes) is 2. The van der Waals surface area contributed by atoms with Gasteiger partial charge in [0.15, 0.2) is 0 Å². The lowest BCUT2D eigenvalue weighted by atomic mass is 10.2. The lowest BCUT2D eigenvalue weighted by Gasteiger charge is -2.07. The zero-order valence-electron chi connectivity index (χ0n) is 7.47. The highest BCUT2D eigenvalue weighted by molar-refractivity contribution is 4.73. The fourth-order valence-corrected chi connectivity index (χ4v) is 0.824. The molecule has 0 N–H and O–H groups in total. The molecule has 0 aliphatic rings. The summed E-state index contributed by atoms with van der Waals surface area (Å²) in [5.74, 6) is 0. The van der Waals surface area contributed by atoms with Gasteiger partial charge in [-0.15, -0.1) is 0 Å². The molecule has 0 aromatic carbocycles. The van der Waals surface area contributed by atoms with Gasteiger partial charge in [0.2, 0.25) is 0 Å². The number of hydrogen-bond donors (Lipinski definition) is 0. The van der Waals surface area contributed by atoms with Crippen LogP contribution in [0.2, 0.25) is 0 Å². The quantitative estimate of drug-likeness (QED) is 0.552. The summed E-state index contributed by atoms with van der Waals surface area (Å²) >= 11 is 0. The molecule has 0 rings (SSSR count). The largest absolute Gasteiger partial charge is 0.377 e. The van der Waals surface area contributed by atoms with E-state index >= 15 is 0 Å². The number of hydrogen-bond acceptors (Lipinski definition) is 2. The summed E-state index contributed by atoms with van der Waals surface area (Å²) < 4.78 is 5.36. The maximum Gasteiger partial charge on any atom is 0.0676 e. The van der Waals surface area contributed by atoms with Crippen LogP contribution >= 0.6 is 0 Å². The van der Waals surface area contributed by atoms with E-state index in [2.05, 4.69) is 13.0 Å². The molecule has 2 heteroatoms. The summed E-state index contributed by atoms with van der Waals surface area (Å²) in [6.07, 6.45) is 4.17. The summed E-state index contributed by atoms with van der Waals surface area (Å²) in [5, 5.41) is 8.31. The second kappa shape index (κ2) is 7.56. The van der Waals surface area contributed by atoms with Crippen LogP contribution in [0.5, 0.6) is 0 Å². The number of nitriles is 1. The Morgan fingerprint density at radius 1 is 1.45 bits per heavy atom. The minimum Gasteiger partial charge on any atom is -0.377 e. The van der Waals surface area contributed by atoms with Crippen molar-refractivity contribution in [1.82, 2.24) is 0 Å². The van der Waals surface area contributed by atoms with Crippen molar-refractivity contribution in [2.24, 2.45) is 0 Å². The Labute approximate surface area is 69.2 Å². The second-order valence-electron chi connectivity index (χ2n) is 2.75. The standard InChI is InChI=1S/C9H17NO/c1-3-4-5-8-11-9(2)6-7-10/h9H,3-6,8H2,1-2H3. The SMILES string of the molecule is CCCCCOC(C)CC#N. The average molecular weight is 155 g/mol. The molecule has 1 unspecified atom stereocenters. The molecule has 0 bridgehead atoms. The highest BCUT2D eigenvalue weighted by Gasteiger charge is 1.98. The predicted octanol–water partition coefficient (Wildman–Crippen LogP) is 2.50. The van der Waals surface area contributed by atoms with Gasteiger partial charge in [-0.05, 0) is 13.3 Å². The summed E-state index contributed by atoms with van der Waals surface area (Å²) in [4.78, 5) is 0. The Hall–Kier alpha value is -0.550. The summed E-state index contributed by atoms with van der Waals surface area (Å²) in [7, 11) is 0. The molecule has 0 fully saturated rings. The molecule has 0 aromatic rings. The van der Waals surface area contributed by atoms with E-state index < -0.39 is 0 Å². The van der Waals surface area contributed by atoms with Gasteiger partial charge in [-0.1, -0.05) is 19.8 Å². The van der Waals surface area contributed by atoms with Crippen molar-refractivity contribution in [2.75, 3.05) is 6.61 Å². The first-order chi connectivity index (χ1) is 5.31. The normalized spacial score (nSPS) is 12.5. The molecular weight excluding hydrogens is 138 g/mol. The van der Waals surface area contributed by atoms with Crippen LogP contribution in [0.4, 0.5) is 0 Å². The Bertz CT molecular complexity index is 117. The van der Waals surface area contributed by atoms with E-state index in [0.717, 1.165) is 13.0 Å². The van der Waals surface area contributed by atoms with Crippen LogP contribution in [0, 0.1) is 11.3 Å². The highest BCUT2D eigenvalue weighted by Crippen LogP contribution is 1.99. The molecule has 0 spiro atoms. The summed E-state index contributed by atoms with van der Waals surface area (Å²) in [6.45, 7) is 4.91. The van der Waals surface area contributed by atoms with Gasteiger partial charge in [-0.25, -0.2) is 0 Å². The van der Waals surface area contributed by atoms with Gasteiger partial charge in [-0.2, -0.15) is 5.26 Å². The van der Waals surface area contributed by atoms with E-state index in [9.17, 15) is 0 Å². The van der Waals surface area contributed by atoms with Gasteiger partial charge in [0.05, 0.1) is 18.6 Å². The predicted molar refractivity (Wildman–Crippen MR) is 45.2 cm³/mol. The topological polar surface area (TPSA) is 33.0 Å². The molecule has 0 heterocycles. The van der Waals surface area contributed by atoms with Crippen molar-refractivity contribution in [1.29, 1.82) is 5.26 Å². The van der Waals surface area contributed by atoms with E-state index in [1.165, 1.54) is 12.8 Å². The van der Waals surface area contributed by atoms with Crippen LogP contribution in [0.3, 0.4) is 0 Å². The lowest BCUT2D eigenvalue weighted by Crippen LogP contribution is -2.07. The minimum absolute atomic E-state index is 0.108. The Morgan fingerprint density at radius 2 is 2.18 bits per heavy atom. The van der Waals surface area contributed by atoms with Crippen molar-refractivity contribution in [3.63, 3.8) is 0 Å². The number of rotatable bonds is 6. The molecule has 0 aliphatic carbocycles. The molecule has 0 amide bonds.